The van der Waals surface area contributed by atoms with E-state index in [0.29, 0.717) is 11.0 Å². The van der Waals surface area contributed by atoms with Gasteiger partial charge < -0.3 is 19.4 Å². The van der Waals surface area contributed by atoms with Crippen LogP contribution in [0.4, 0.5) is 9.18 Å². The molecule has 22 heavy (non-hydrogen) atoms. The molecule has 0 aliphatic carbocycles. The molecule has 0 saturated carbocycles. The van der Waals surface area contributed by atoms with Crippen molar-refractivity contribution in [3.63, 3.8) is 0 Å². The quantitative estimate of drug-likeness (QED) is 0.868. The number of carbonyl (C=O) groups is 1. The Morgan fingerprint density at radius 1 is 1.27 bits per heavy atom. The van der Waals surface area contributed by atoms with E-state index in [1.54, 1.807) is 12.1 Å². The topological polar surface area (TPSA) is 56.8 Å². The van der Waals surface area contributed by atoms with Crippen molar-refractivity contribution in [1.82, 2.24) is 5.32 Å². The van der Waals surface area contributed by atoms with Gasteiger partial charge in [0.25, 0.3) is 0 Å². The van der Waals surface area contributed by atoms with Gasteiger partial charge in [0.2, 0.25) is 0 Å². The van der Waals surface area contributed by atoms with E-state index in [-0.39, 0.29) is 6.61 Å². The highest BCUT2D eigenvalue weighted by Gasteiger charge is 2.51. The van der Waals surface area contributed by atoms with Crippen molar-refractivity contribution >= 4 is 18.7 Å². The van der Waals surface area contributed by atoms with Gasteiger partial charge in [-0.3, -0.25) is 0 Å². The van der Waals surface area contributed by atoms with Crippen LogP contribution in [-0.2, 0) is 20.7 Å². The number of carbonyl (C=O) groups excluding carboxylic acids is 1. The minimum Gasteiger partial charge on any atom is -0.445 e. The molecule has 0 spiro atoms. The first kappa shape index (κ1) is 16.8. The molecule has 0 unspecified atom stereocenters. The van der Waals surface area contributed by atoms with Gasteiger partial charge in [0, 0.05) is 12.6 Å². The van der Waals surface area contributed by atoms with E-state index in [0.717, 1.165) is 0 Å². The Morgan fingerprint density at radius 3 is 2.36 bits per heavy atom. The molecule has 1 N–H and O–H groups in total. The van der Waals surface area contributed by atoms with Crippen molar-refractivity contribution in [2.75, 3.05) is 7.05 Å². The lowest BCUT2D eigenvalue weighted by Crippen LogP contribution is -2.41. The molecule has 0 aromatic heterocycles. The van der Waals surface area contributed by atoms with Crippen LogP contribution in [0.5, 0.6) is 0 Å². The minimum absolute atomic E-state index is 0.130. The molecule has 1 heterocycles. The van der Waals surface area contributed by atoms with Gasteiger partial charge in [-0.25, -0.2) is 9.18 Å². The van der Waals surface area contributed by atoms with Crippen LogP contribution in [0.25, 0.3) is 0 Å². The fourth-order valence-electron chi connectivity index (χ4n) is 2.02. The van der Waals surface area contributed by atoms with Crippen LogP contribution in [0.3, 0.4) is 0 Å². The SMILES string of the molecule is CNC(=O)OCc1ccc(B2OC(C)(C)C(C)(C)O2)cc1F. The molecule has 120 valence electrons. The Balaban J connectivity index is 2.12. The van der Waals surface area contributed by atoms with Gasteiger partial charge in [-0.1, -0.05) is 12.1 Å². The van der Waals surface area contributed by atoms with Crippen molar-refractivity contribution in [2.45, 2.75) is 45.5 Å². The lowest BCUT2D eigenvalue weighted by atomic mass is 9.79. The van der Waals surface area contributed by atoms with Crippen LogP contribution in [0, 0.1) is 5.82 Å². The van der Waals surface area contributed by atoms with Crippen molar-refractivity contribution in [1.29, 1.82) is 0 Å². The van der Waals surface area contributed by atoms with E-state index in [2.05, 4.69) is 5.32 Å². The molecule has 1 amide bonds. The Kier molecular flexibility index (Phi) is 4.49. The molecule has 2 rings (SSSR count). The highest BCUT2D eigenvalue weighted by atomic mass is 19.1. The predicted octanol–water partition coefficient (Wildman–Crippen LogP) is 1.98. The number of alkyl carbamates (subject to hydrolysis) is 1. The second-order valence-corrected chi connectivity index (χ2v) is 6.27. The molecule has 1 fully saturated rings. The highest BCUT2D eigenvalue weighted by molar-refractivity contribution is 6.62. The number of rotatable bonds is 3. The number of nitrogens with one attached hydrogen (secondary N) is 1. The average Bonchev–Trinajstić information content (AvgIpc) is 2.65. The number of hydrogen-bond donors (Lipinski definition) is 1. The monoisotopic (exact) mass is 309 g/mol. The number of hydrogen-bond acceptors (Lipinski definition) is 4. The lowest BCUT2D eigenvalue weighted by Gasteiger charge is -2.32. The van der Waals surface area contributed by atoms with E-state index >= 15 is 0 Å². The molecule has 1 aliphatic heterocycles. The lowest BCUT2D eigenvalue weighted by molar-refractivity contribution is 0.00578. The molecule has 7 heteroatoms. The second kappa shape index (κ2) is 5.89. The fraction of sp³-hybridized carbons (Fsp3) is 0.533. The fourth-order valence-corrected chi connectivity index (χ4v) is 2.02. The molecular weight excluding hydrogens is 288 g/mol. The zero-order valence-corrected chi connectivity index (χ0v) is 13.5. The smallest absolute Gasteiger partial charge is 0.445 e. The van der Waals surface area contributed by atoms with E-state index in [1.165, 1.54) is 13.1 Å². The molecule has 0 atom stereocenters. The summed E-state index contributed by atoms with van der Waals surface area (Å²) in [6.45, 7) is 7.63. The molecule has 0 radical (unpaired) electrons. The second-order valence-electron chi connectivity index (χ2n) is 6.27. The van der Waals surface area contributed by atoms with Crippen LogP contribution in [-0.4, -0.2) is 31.5 Å². The number of halogens is 1. The molecule has 1 aromatic rings. The summed E-state index contributed by atoms with van der Waals surface area (Å²) in [4.78, 5) is 11.0. The zero-order chi connectivity index (χ0) is 16.5. The number of amides is 1. The average molecular weight is 309 g/mol. The van der Waals surface area contributed by atoms with Gasteiger partial charge in [0.15, 0.2) is 0 Å². The molecule has 1 aromatic carbocycles. The van der Waals surface area contributed by atoms with Crippen LogP contribution in [0.15, 0.2) is 18.2 Å². The summed E-state index contributed by atoms with van der Waals surface area (Å²) in [5, 5.41) is 2.31. The van der Waals surface area contributed by atoms with E-state index < -0.39 is 30.2 Å². The summed E-state index contributed by atoms with van der Waals surface area (Å²) < 4.78 is 30.7. The Hall–Kier alpha value is -1.60. The van der Waals surface area contributed by atoms with Gasteiger partial charge in [-0.2, -0.15) is 0 Å². The summed E-state index contributed by atoms with van der Waals surface area (Å²) in [7, 11) is 0.827. The molecule has 5 nitrogen and oxygen atoms in total. The summed E-state index contributed by atoms with van der Waals surface area (Å²) >= 11 is 0. The van der Waals surface area contributed by atoms with E-state index in [4.69, 9.17) is 14.0 Å². The number of benzene rings is 1. The maximum absolute atomic E-state index is 14.1. The maximum Gasteiger partial charge on any atom is 0.494 e. The Labute approximate surface area is 130 Å². The first-order valence-electron chi connectivity index (χ1n) is 7.15. The maximum atomic E-state index is 14.1. The standard InChI is InChI=1S/C15H21BFNO4/c1-14(2)15(3,4)22-16(21-14)11-7-6-10(12(17)8-11)9-20-13(19)18-5/h6-8H,9H2,1-5H3,(H,18,19). The summed E-state index contributed by atoms with van der Waals surface area (Å²) in [6.07, 6.45) is -0.602. The third kappa shape index (κ3) is 3.25. The van der Waals surface area contributed by atoms with Gasteiger partial charge in [-0.15, -0.1) is 0 Å². The van der Waals surface area contributed by atoms with Crippen LogP contribution in [0.1, 0.15) is 33.3 Å². The van der Waals surface area contributed by atoms with Gasteiger partial charge in [-0.05, 0) is 39.2 Å². The van der Waals surface area contributed by atoms with Crippen molar-refractivity contribution in [3.8, 4) is 0 Å². The first-order valence-corrected chi connectivity index (χ1v) is 7.15. The van der Waals surface area contributed by atoms with Crippen LogP contribution < -0.4 is 10.8 Å². The largest absolute Gasteiger partial charge is 0.494 e. The summed E-state index contributed by atoms with van der Waals surface area (Å²) in [5.41, 5.74) is -0.0618. The number of ether oxygens (including phenoxy) is 1. The summed E-state index contributed by atoms with van der Waals surface area (Å²) in [6, 6.07) is 4.64. The van der Waals surface area contributed by atoms with Crippen molar-refractivity contribution < 1.29 is 23.2 Å². The Morgan fingerprint density at radius 2 is 1.86 bits per heavy atom. The van der Waals surface area contributed by atoms with Gasteiger partial charge in [0.05, 0.1) is 11.2 Å². The minimum atomic E-state index is -0.617. The van der Waals surface area contributed by atoms with Gasteiger partial charge in [0.1, 0.15) is 12.4 Å². The van der Waals surface area contributed by atoms with Crippen molar-refractivity contribution in [3.05, 3.63) is 29.6 Å². The predicted molar refractivity (Wildman–Crippen MR) is 81.4 cm³/mol. The molecule has 1 aliphatic rings. The van der Waals surface area contributed by atoms with Crippen LogP contribution >= 0.6 is 0 Å². The van der Waals surface area contributed by atoms with Gasteiger partial charge >= 0.3 is 13.2 Å². The molecule has 0 bridgehead atoms. The highest BCUT2D eigenvalue weighted by Crippen LogP contribution is 2.36. The third-order valence-electron chi connectivity index (χ3n) is 4.17. The molecular formula is C15H21BFNO4. The third-order valence-corrected chi connectivity index (χ3v) is 4.17. The normalized spacial score (nSPS) is 19.1. The van der Waals surface area contributed by atoms with Crippen molar-refractivity contribution in [2.24, 2.45) is 0 Å². The van der Waals surface area contributed by atoms with Crippen LogP contribution in [0.2, 0.25) is 0 Å². The molecule has 1 saturated heterocycles. The van der Waals surface area contributed by atoms with E-state index in [1.807, 2.05) is 27.7 Å². The Bertz CT molecular complexity index is 561. The zero-order valence-electron chi connectivity index (χ0n) is 13.5. The first-order chi connectivity index (χ1) is 10.2. The van der Waals surface area contributed by atoms with E-state index in [9.17, 15) is 9.18 Å². The summed E-state index contributed by atoms with van der Waals surface area (Å²) in [5.74, 6) is -0.462.